The van der Waals surface area contributed by atoms with Crippen molar-refractivity contribution in [3.05, 3.63) is 29.8 Å². The van der Waals surface area contributed by atoms with E-state index in [1.807, 2.05) is 5.32 Å². The molecule has 1 rings (SSSR count). The zero-order valence-electron chi connectivity index (χ0n) is 21.4. The van der Waals surface area contributed by atoms with E-state index in [-0.39, 0.29) is 37.5 Å². The Kier molecular flexibility index (Phi) is 13.1. The SMILES string of the molecule is CC(O)C(NC(=O)C(CCCN=C(N)N)NC(=O)C(N)Cc1ccc(O)cc1)C(=O)NC(CC(N)=O)C(=O)O. The van der Waals surface area contributed by atoms with Crippen LogP contribution < -0.4 is 38.9 Å². The number of aliphatic imine (C=N–C) groups is 1. The summed E-state index contributed by atoms with van der Waals surface area (Å²) < 4.78 is 0. The number of carboxylic acids is 1. The topological polar surface area (TPSA) is 299 Å². The van der Waals surface area contributed by atoms with Gasteiger partial charge in [-0.2, -0.15) is 0 Å². The number of nitrogens with one attached hydrogen (secondary N) is 3. The van der Waals surface area contributed by atoms with Gasteiger partial charge in [-0.15, -0.1) is 0 Å². The molecular weight excluding hydrogens is 516 g/mol. The standard InChI is InChI=1S/C23H36N8O8/c1-11(32)18(21(37)30-16(22(38)39)10-17(25)34)31-20(36)15(3-2-8-28-23(26)27)29-19(35)14(24)9-12-4-6-13(33)7-5-12/h4-7,11,14-16,18,32-33H,2-3,8-10,24H2,1H3,(H2,25,34)(H,29,35)(H,30,37)(H,31,36)(H,38,39)(H4,26,27,28). The molecule has 0 aliphatic carbocycles. The number of nitrogens with zero attached hydrogens (tertiary/aromatic N) is 1. The molecule has 0 aliphatic heterocycles. The lowest BCUT2D eigenvalue weighted by Crippen LogP contribution is -2.60. The van der Waals surface area contributed by atoms with Crippen LogP contribution in [0.2, 0.25) is 0 Å². The van der Waals surface area contributed by atoms with E-state index in [1.54, 1.807) is 12.1 Å². The Morgan fingerprint density at radius 2 is 1.51 bits per heavy atom. The van der Waals surface area contributed by atoms with Crippen LogP contribution in [0.4, 0.5) is 0 Å². The highest BCUT2D eigenvalue weighted by molar-refractivity contribution is 5.95. The minimum atomic E-state index is -1.69. The van der Waals surface area contributed by atoms with Crippen LogP contribution in [0, 0.1) is 0 Å². The molecule has 0 saturated carbocycles. The highest BCUT2D eigenvalue weighted by atomic mass is 16.4. The van der Waals surface area contributed by atoms with Crippen LogP contribution in [-0.2, 0) is 30.4 Å². The maximum atomic E-state index is 13.1. The van der Waals surface area contributed by atoms with Crippen molar-refractivity contribution >= 4 is 35.6 Å². The number of benzene rings is 1. The maximum Gasteiger partial charge on any atom is 0.326 e. The number of aromatic hydroxyl groups is 1. The van der Waals surface area contributed by atoms with Gasteiger partial charge in [0, 0.05) is 6.54 Å². The third kappa shape index (κ3) is 12.1. The fraction of sp³-hybridized carbons (Fsp3) is 0.478. The van der Waals surface area contributed by atoms with E-state index in [0.717, 1.165) is 0 Å². The van der Waals surface area contributed by atoms with Crippen molar-refractivity contribution in [3.63, 3.8) is 0 Å². The summed E-state index contributed by atoms with van der Waals surface area (Å²) in [4.78, 5) is 64.8. The molecule has 5 unspecified atom stereocenters. The largest absolute Gasteiger partial charge is 0.508 e. The molecule has 0 bridgehead atoms. The molecule has 0 heterocycles. The monoisotopic (exact) mass is 552 g/mol. The average Bonchev–Trinajstić information content (AvgIpc) is 2.84. The number of nitrogens with two attached hydrogens (primary N) is 4. The van der Waals surface area contributed by atoms with Gasteiger partial charge in [0.05, 0.1) is 18.6 Å². The predicted molar refractivity (Wildman–Crippen MR) is 139 cm³/mol. The van der Waals surface area contributed by atoms with E-state index in [4.69, 9.17) is 22.9 Å². The lowest BCUT2D eigenvalue weighted by molar-refractivity contribution is -0.144. The zero-order chi connectivity index (χ0) is 29.7. The summed E-state index contributed by atoms with van der Waals surface area (Å²) in [5.74, 6) is -5.36. The number of guanidine groups is 1. The van der Waals surface area contributed by atoms with Crippen LogP contribution in [0.1, 0.15) is 31.7 Å². The third-order valence-corrected chi connectivity index (χ3v) is 5.39. The van der Waals surface area contributed by atoms with Crippen LogP contribution in [-0.4, -0.2) is 87.7 Å². The Bertz CT molecular complexity index is 1040. The molecule has 5 atom stereocenters. The number of carbonyl (C=O) groups excluding carboxylic acids is 4. The van der Waals surface area contributed by atoms with Crippen LogP contribution in [0.3, 0.4) is 0 Å². The number of hydrogen-bond donors (Lipinski definition) is 10. The number of rotatable bonds is 16. The molecule has 14 N–H and O–H groups in total. The highest BCUT2D eigenvalue weighted by Gasteiger charge is 2.33. The quantitative estimate of drug-likeness (QED) is 0.0537. The van der Waals surface area contributed by atoms with E-state index in [0.29, 0.717) is 5.56 Å². The zero-order valence-corrected chi connectivity index (χ0v) is 21.4. The molecule has 4 amide bonds. The summed E-state index contributed by atoms with van der Waals surface area (Å²) >= 11 is 0. The Labute approximate surface area is 224 Å². The number of aliphatic carboxylic acids is 1. The van der Waals surface area contributed by atoms with Crippen LogP contribution in [0.25, 0.3) is 0 Å². The number of phenols is 1. The molecule has 1 aromatic rings. The van der Waals surface area contributed by atoms with Gasteiger partial charge in [0.2, 0.25) is 23.6 Å². The van der Waals surface area contributed by atoms with E-state index < -0.39 is 66.3 Å². The van der Waals surface area contributed by atoms with Gasteiger partial charge in [-0.25, -0.2) is 4.79 Å². The molecule has 1 aromatic carbocycles. The van der Waals surface area contributed by atoms with Crippen LogP contribution in [0.5, 0.6) is 5.75 Å². The lowest BCUT2D eigenvalue weighted by atomic mass is 10.0. The van der Waals surface area contributed by atoms with E-state index in [9.17, 15) is 39.3 Å². The molecule has 16 heteroatoms. The summed E-state index contributed by atoms with van der Waals surface area (Å²) in [7, 11) is 0. The molecular formula is C23H36N8O8. The summed E-state index contributed by atoms with van der Waals surface area (Å²) in [5.41, 5.74) is 22.2. The molecule has 0 radical (unpaired) electrons. The first-order valence-electron chi connectivity index (χ1n) is 11.9. The number of carboxylic acid groups (broad SMARTS) is 1. The normalized spacial score (nSPS) is 14.5. The maximum absolute atomic E-state index is 13.1. The average molecular weight is 553 g/mol. The number of carbonyl (C=O) groups is 5. The van der Waals surface area contributed by atoms with Gasteiger partial charge in [-0.05, 0) is 43.9 Å². The van der Waals surface area contributed by atoms with Crippen molar-refractivity contribution in [1.82, 2.24) is 16.0 Å². The number of primary amides is 1. The predicted octanol–water partition coefficient (Wildman–Crippen LogP) is -3.89. The summed E-state index contributed by atoms with van der Waals surface area (Å²) in [6.45, 7) is 1.30. The van der Waals surface area contributed by atoms with E-state index in [1.165, 1.54) is 19.1 Å². The highest BCUT2D eigenvalue weighted by Crippen LogP contribution is 2.11. The van der Waals surface area contributed by atoms with Crippen molar-refractivity contribution in [2.75, 3.05) is 6.54 Å². The minimum Gasteiger partial charge on any atom is -0.508 e. The third-order valence-electron chi connectivity index (χ3n) is 5.39. The number of amides is 4. The van der Waals surface area contributed by atoms with Gasteiger partial charge in [-0.3, -0.25) is 24.2 Å². The van der Waals surface area contributed by atoms with E-state index in [2.05, 4.69) is 15.6 Å². The van der Waals surface area contributed by atoms with Crippen molar-refractivity contribution in [3.8, 4) is 5.75 Å². The Morgan fingerprint density at radius 3 is 2.03 bits per heavy atom. The second-order valence-electron chi connectivity index (χ2n) is 8.78. The number of aliphatic hydroxyl groups excluding tert-OH is 1. The van der Waals surface area contributed by atoms with Gasteiger partial charge >= 0.3 is 5.97 Å². The first kappa shape index (κ1) is 32.6. The molecule has 0 spiro atoms. The second-order valence-corrected chi connectivity index (χ2v) is 8.78. The molecule has 16 nitrogen and oxygen atoms in total. The van der Waals surface area contributed by atoms with Gasteiger partial charge in [-0.1, -0.05) is 12.1 Å². The molecule has 0 aliphatic rings. The summed E-state index contributed by atoms with van der Waals surface area (Å²) in [5, 5.41) is 35.5. The number of aliphatic hydroxyl groups is 1. The second kappa shape index (κ2) is 15.7. The van der Waals surface area contributed by atoms with E-state index >= 15 is 0 Å². The van der Waals surface area contributed by atoms with Gasteiger partial charge < -0.3 is 54.2 Å². The number of phenolic OH excluding ortho intramolecular Hbond substituents is 1. The Morgan fingerprint density at radius 1 is 0.923 bits per heavy atom. The summed E-state index contributed by atoms with van der Waals surface area (Å²) in [6.07, 6.45) is -1.89. The first-order chi connectivity index (χ1) is 18.2. The van der Waals surface area contributed by atoms with Crippen molar-refractivity contribution in [2.24, 2.45) is 27.9 Å². The van der Waals surface area contributed by atoms with Crippen LogP contribution >= 0.6 is 0 Å². The molecule has 0 saturated heterocycles. The Hall–Kier alpha value is -4.44. The van der Waals surface area contributed by atoms with Gasteiger partial charge in [0.25, 0.3) is 0 Å². The van der Waals surface area contributed by atoms with Gasteiger partial charge in [0.1, 0.15) is 23.9 Å². The minimum absolute atomic E-state index is 0.00780. The molecule has 216 valence electrons. The van der Waals surface area contributed by atoms with Crippen molar-refractivity contribution in [1.29, 1.82) is 0 Å². The smallest absolute Gasteiger partial charge is 0.326 e. The van der Waals surface area contributed by atoms with Gasteiger partial charge in [0.15, 0.2) is 5.96 Å². The lowest BCUT2D eigenvalue weighted by Gasteiger charge is -2.26. The first-order valence-corrected chi connectivity index (χ1v) is 11.9. The molecule has 0 fully saturated rings. The van der Waals surface area contributed by atoms with Crippen LogP contribution in [0.15, 0.2) is 29.3 Å². The Balaban J connectivity index is 3.01. The fourth-order valence-electron chi connectivity index (χ4n) is 3.35. The molecule has 0 aromatic heterocycles. The summed E-state index contributed by atoms with van der Waals surface area (Å²) in [6, 6.07) is 0.359. The fourth-order valence-corrected chi connectivity index (χ4v) is 3.35. The number of hydrogen-bond acceptors (Lipinski definition) is 9. The molecule has 39 heavy (non-hydrogen) atoms. The van der Waals surface area contributed by atoms with Crippen molar-refractivity contribution < 1.29 is 39.3 Å². The van der Waals surface area contributed by atoms with Crippen molar-refractivity contribution in [2.45, 2.75) is 62.9 Å².